The molecule has 4 nitrogen and oxygen atoms in total. The number of thiazole rings is 1. The second kappa shape index (κ2) is 4.72. The van der Waals surface area contributed by atoms with Crippen LogP contribution < -0.4 is 0 Å². The van der Waals surface area contributed by atoms with Crippen LogP contribution in [0.4, 0.5) is 0 Å². The van der Waals surface area contributed by atoms with Gasteiger partial charge >= 0.3 is 0 Å². The summed E-state index contributed by atoms with van der Waals surface area (Å²) in [7, 11) is 2.17. The highest BCUT2D eigenvalue weighted by molar-refractivity contribution is 7.15. The fraction of sp³-hybridized carbons (Fsp3) is 0.583. The summed E-state index contributed by atoms with van der Waals surface area (Å²) in [4.78, 5) is 12.6. The van der Waals surface area contributed by atoms with Gasteiger partial charge < -0.3 is 9.80 Å². The molecule has 0 atom stereocenters. The van der Waals surface area contributed by atoms with Crippen molar-refractivity contribution >= 4 is 22.9 Å². The molecule has 0 radical (unpaired) electrons. The van der Waals surface area contributed by atoms with E-state index in [1.54, 1.807) is 11.3 Å². The summed E-state index contributed by atoms with van der Waals surface area (Å²) in [6.45, 7) is 7.46. The average molecular weight is 285 g/mol. The molecule has 0 aromatic carbocycles. The predicted octanol–water partition coefficient (Wildman–Crippen LogP) is 2.05. The molecule has 0 unspecified atom stereocenters. The SMILES string of the molecule is CC1=C2N(Cc3cnc(Cl)s3)CCN2CN(C)C1. The van der Waals surface area contributed by atoms with Gasteiger partial charge in [-0.25, -0.2) is 4.98 Å². The van der Waals surface area contributed by atoms with Crippen molar-refractivity contribution in [3.63, 3.8) is 0 Å². The predicted molar refractivity (Wildman–Crippen MR) is 74.4 cm³/mol. The molecule has 2 aliphatic heterocycles. The van der Waals surface area contributed by atoms with Gasteiger partial charge in [-0.05, 0) is 19.5 Å². The zero-order chi connectivity index (χ0) is 12.7. The van der Waals surface area contributed by atoms with E-state index in [0.717, 1.165) is 32.8 Å². The Hall–Kier alpha value is -0.780. The van der Waals surface area contributed by atoms with Crippen LogP contribution in [-0.2, 0) is 6.54 Å². The van der Waals surface area contributed by atoms with Crippen molar-refractivity contribution in [3.05, 3.63) is 26.9 Å². The number of hydrogen-bond donors (Lipinski definition) is 0. The number of likely N-dealkylation sites (N-methyl/N-ethyl adjacent to an activating group) is 1. The molecule has 0 N–H and O–H groups in total. The molecule has 2 aliphatic rings. The molecule has 3 heterocycles. The van der Waals surface area contributed by atoms with Gasteiger partial charge in [-0.1, -0.05) is 11.6 Å². The first kappa shape index (κ1) is 12.3. The lowest BCUT2D eigenvalue weighted by Gasteiger charge is -2.35. The Morgan fingerprint density at radius 3 is 3.00 bits per heavy atom. The third-order valence-electron chi connectivity index (χ3n) is 3.41. The number of nitrogens with zero attached hydrogens (tertiary/aromatic N) is 4. The van der Waals surface area contributed by atoms with Gasteiger partial charge in [0.2, 0.25) is 0 Å². The average Bonchev–Trinajstić information content (AvgIpc) is 2.86. The summed E-state index contributed by atoms with van der Waals surface area (Å²) >= 11 is 7.47. The van der Waals surface area contributed by atoms with Gasteiger partial charge in [0, 0.05) is 30.7 Å². The first-order valence-corrected chi connectivity index (χ1v) is 7.31. The molecule has 98 valence electrons. The summed E-state index contributed by atoms with van der Waals surface area (Å²) in [5.74, 6) is 1.41. The van der Waals surface area contributed by atoms with Crippen molar-refractivity contribution in [1.29, 1.82) is 0 Å². The first-order valence-electron chi connectivity index (χ1n) is 6.12. The highest BCUT2D eigenvalue weighted by Crippen LogP contribution is 2.29. The van der Waals surface area contributed by atoms with E-state index in [4.69, 9.17) is 11.6 Å². The zero-order valence-corrected chi connectivity index (χ0v) is 12.3. The van der Waals surface area contributed by atoms with Gasteiger partial charge in [0.25, 0.3) is 0 Å². The highest BCUT2D eigenvalue weighted by atomic mass is 35.5. The summed E-state index contributed by atoms with van der Waals surface area (Å²) in [5.41, 5.74) is 1.46. The van der Waals surface area contributed by atoms with Crippen LogP contribution in [0.15, 0.2) is 17.6 Å². The van der Waals surface area contributed by atoms with Crippen molar-refractivity contribution in [2.45, 2.75) is 13.5 Å². The number of halogens is 1. The van der Waals surface area contributed by atoms with E-state index in [-0.39, 0.29) is 0 Å². The Balaban J connectivity index is 1.80. The number of fused-ring (bicyclic) bond motifs is 1. The number of rotatable bonds is 2. The van der Waals surface area contributed by atoms with E-state index < -0.39 is 0 Å². The second-order valence-corrected chi connectivity index (χ2v) is 6.72. The maximum atomic E-state index is 5.89. The lowest BCUT2D eigenvalue weighted by atomic mass is 10.2. The summed E-state index contributed by atoms with van der Waals surface area (Å²) < 4.78 is 0.634. The maximum absolute atomic E-state index is 5.89. The fourth-order valence-corrected chi connectivity index (χ4v) is 3.84. The van der Waals surface area contributed by atoms with Crippen molar-refractivity contribution in [1.82, 2.24) is 19.7 Å². The third-order valence-corrected chi connectivity index (χ3v) is 4.51. The Kier molecular flexibility index (Phi) is 3.21. The normalized spacial score (nSPS) is 20.8. The molecule has 6 heteroatoms. The van der Waals surface area contributed by atoms with Gasteiger partial charge in [-0.15, -0.1) is 11.3 Å². The van der Waals surface area contributed by atoms with E-state index in [1.165, 1.54) is 16.3 Å². The maximum Gasteiger partial charge on any atom is 0.183 e. The van der Waals surface area contributed by atoms with Crippen molar-refractivity contribution in [2.24, 2.45) is 0 Å². The van der Waals surface area contributed by atoms with Gasteiger partial charge in [0.15, 0.2) is 4.47 Å². The molecule has 3 rings (SSSR count). The minimum absolute atomic E-state index is 0.634. The van der Waals surface area contributed by atoms with Gasteiger partial charge in [-0.2, -0.15) is 0 Å². The Morgan fingerprint density at radius 2 is 2.28 bits per heavy atom. The van der Waals surface area contributed by atoms with E-state index >= 15 is 0 Å². The Labute approximate surface area is 116 Å². The van der Waals surface area contributed by atoms with Crippen LogP contribution >= 0.6 is 22.9 Å². The summed E-state index contributed by atoms with van der Waals surface area (Å²) in [5, 5.41) is 0. The van der Waals surface area contributed by atoms with Crippen LogP contribution in [0.3, 0.4) is 0 Å². The summed E-state index contributed by atoms with van der Waals surface area (Å²) in [6.07, 6.45) is 1.89. The Bertz CT molecular complexity index is 484. The molecule has 0 amide bonds. The molecule has 1 aromatic heterocycles. The van der Waals surface area contributed by atoms with Gasteiger partial charge in [-0.3, -0.25) is 4.90 Å². The van der Waals surface area contributed by atoms with Crippen molar-refractivity contribution in [3.8, 4) is 0 Å². The van der Waals surface area contributed by atoms with Crippen molar-refractivity contribution in [2.75, 3.05) is 33.4 Å². The highest BCUT2D eigenvalue weighted by Gasteiger charge is 2.30. The van der Waals surface area contributed by atoms with Gasteiger partial charge in [0.1, 0.15) is 5.82 Å². The molecule has 0 spiro atoms. The zero-order valence-electron chi connectivity index (χ0n) is 10.7. The van der Waals surface area contributed by atoms with Crippen LogP contribution in [0.25, 0.3) is 0 Å². The number of aromatic nitrogens is 1. The molecule has 1 fully saturated rings. The third kappa shape index (κ3) is 2.22. The van der Waals surface area contributed by atoms with E-state index in [9.17, 15) is 0 Å². The fourth-order valence-electron chi connectivity index (χ4n) is 2.85. The Morgan fingerprint density at radius 1 is 1.44 bits per heavy atom. The molecule has 18 heavy (non-hydrogen) atoms. The smallest absolute Gasteiger partial charge is 0.183 e. The van der Waals surface area contributed by atoms with E-state index in [2.05, 4.69) is 33.7 Å². The molecule has 0 aliphatic carbocycles. The van der Waals surface area contributed by atoms with Crippen LogP contribution in [0.2, 0.25) is 4.47 Å². The second-order valence-electron chi connectivity index (χ2n) is 5.02. The molecule has 1 aromatic rings. The standard InChI is InChI=1S/C12H17ClN4S/c1-9-6-15(2)8-17-4-3-16(11(9)17)7-10-5-14-12(13)18-10/h5H,3-4,6-8H2,1-2H3. The molecule has 1 saturated heterocycles. The largest absolute Gasteiger partial charge is 0.351 e. The van der Waals surface area contributed by atoms with Crippen molar-refractivity contribution < 1.29 is 0 Å². The quantitative estimate of drug-likeness (QED) is 0.829. The monoisotopic (exact) mass is 284 g/mol. The lowest BCUT2D eigenvalue weighted by Crippen LogP contribution is -2.40. The molecule has 0 bridgehead atoms. The number of hydrogen-bond acceptors (Lipinski definition) is 5. The van der Waals surface area contributed by atoms with E-state index in [0.29, 0.717) is 4.47 Å². The molecular formula is C12H17ClN4S. The van der Waals surface area contributed by atoms with Crippen LogP contribution in [0, 0.1) is 0 Å². The summed E-state index contributed by atoms with van der Waals surface area (Å²) in [6, 6.07) is 0. The molecule has 0 saturated carbocycles. The first-order chi connectivity index (χ1) is 8.63. The minimum Gasteiger partial charge on any atom is -0.351 e. The lowest BCUT2D eigenvalue weighted by molar-refractivity contribution is 0.179. The topological polar surface area (TPSA) is 22.6 Å². The van der Waals surface area contributed by atoms with Crippen LogP contribution in [0.1, 0.15) is 11.8 Å². The molecular weight excluding hydrogens is 268 g/mol. The van der Waals surface area contributed by atoms with Crippen LogP contribution in [0.5, 0.6) is 0 Å². The van der Waals surface area contributed by atoms with E-state index in [1.807, 2.05) is 6.20 Å². The van der Waals surface area contributed by atoms with Crippen LogP contribution in [-0.4, -0.2) is 53.0 Å². The minimum atomic E-state index is 0.634. The van der Waals surface area contributed by atoms with Gasteiger partial charge in [0.05, 0.1) is 13.2 Å².